The first-order valence-electron chi connectivity index (χ1n) is 9.79. The number of nitrogens with zero attached hydrogens (tertiary/aromatic N) is 3. The Bertz CT molecular complexity index is 817. The number of hydrogen-bond donors (Lipinski definition) is 0. The van der Waals surface area contributed by atoms with Gasteiger partial charge in [-0.05, 0) is 45.2 Å². The second kappa shape index (κ2) is 7.37. The van der Waals surface area contributed by atoms with Crippen molar-refractivity contribution in [2.75, 3.05) is 6.54 Å². The average Bonchev–Trinajstić information content (AvgIpc) is 3.04. The maximum atomic E-state index is 13.0. The fourth-order valence-electron chi connectivity index (χ4n) is 3.66. The van der Waals surface area contributed by atoms with E-state index in [0.717, 1.165) is 23.3 Å². The van der Waals surface area contributed by atoms with Gasteiger partial charge in [-0.15, -0.1) is 0 Å². The summed E-state index contributed by atoms with van der Waals surface area (Å²) in [5.41, 5.74) is 3.46. The van der Waals surface area contributed by atoms with E-state index in [4.69, 9.17) is 4.74 Å². The SMILES string of the molecule is CC(Oc1ccccc1C(C)C)C(=O)N1CCc2c(cnn2C(C)(C)C)C1. The first-order valence-corrected chi connectivity index (χ1v) is 9.79. The molecule has 0 radical (unpaired) electrons. The lowest BCUT2D eigenvalue weighted by atomic mass is 10.0. The highest BCUT2D eigenvalue weighted by Crippen LogP contribution is 2.28. The molecule has 2 heterocycles. The summed E-state index contributed by atoms with van der Waals surface area (Å²) in [6.07, 6.45) is 2.22. The van der Waals surface area contributed by atoms with Crippen LogP contribution in [0.15, 0.2) is 30.5 Å². The maximum Gasteiger partial charge on any atom is 0.263 e. The highest BCUT2D eigenvalue weighted by Gasteiger charge is 2.30. The lowest BCUT2D eigenvalue weighted by Gasteiger charge is -2.32. The molecule has 0 fully saturated rings. The van der Waals surface area contributed by atoms with Gasteiger partial charge < -0.3 is 9.64 Å². The van der Waals surface area contributed by atoms with Crippen LogP contribution >= 0.6 is 0 Å². The van der Waals surface area contributed by atoms with Crippen molar-refractivity contribution < 1.29 is 9.53 Å². The molecule has 1 unspecified atom stereocenters. The molecule has 1 amide bonds. The quantitative estimate of drug-likeness (QED) is 0.815. The lowest BCUT2D eigenvalue weighted by Crippen LogP contribution is -2.43. The number of aromatic nitrogens is 2. The number of amides is 1. The molecule has 0 aliphatic carbocycles. The molecule has 2 aromatic rings. The predicted molar refractivity (Wildman–Crippen MR) is 107 cm³/mol. The van der Waals surface area contributed by atoms with Crippen LogP contribution in [-0.2, 0) is 23.3 Å². The smallest absolute Gasteiger partial charge is 0.263 e. The topological polar surface area (TPSA) is 47.4 Å². The van der Waals surface area contributed by atoms with Crippen LogP contribution in [0.1, 0.15) is 64.3 Å². The van der Waals surface area contributed by atoms with Gasteiger partial charge in [0.25, 0.3) is 5.91 Å². The van der Waals surface area contributed by atoms with Crippen LogP contribution in [0.25, 0.3) is 0 Å². The summed E-state index contributed by atoms with van der Waals surface area (Å²) in [5.74, 6) is 1.18. The van der Waals surface area contributed by atoms with E-state index in [1.165, 1.54) is 5.69 Å². The summed E-state index contributed by atoms with van der Waals surface area (Å²) in [4.78, 5) is 14.9. The Morgan fingerprint density at radius 1 is 1.19 bits per heavy atom. The molecule has 1 aliphatic rings. The van der Waals surface area contributed by atoms with Crippen molar-refractivity contribution >= 4 is 5.91 Å². The van der Waals surface area contributed by atoms with Crippen molar-refractivity contribution in [1.82, 2.24) is 14.7 Å². The molecule has 5 heteroatoms. The van der Waals surface area contributed by atoms with Crippen LogP contribution in [-0.4, -0.2) is 33.2 Å². The van der Waals surface area contributed by atoms with Gasteiger partial charge in [-0.2, -0.15) is 5.10 Å². The Morgan fingerprint density at radius 2 is 1.89 bits per heavy atom. The monoisotopic (exact) mass is 369 g/mol. The third-order valence-electron chi connectivity index (χ3n) is 5.07. The number of carbonyl (C=O) groups excluding carboxylic acids is 1. The predicted octanol–water partition coefficient (Wildman–Crippen LogP) is 4.11. The highest BCUT2D eigenvalue weighted by atomic mass is 16.5. The van der Waals surface area contributed by atoms with E-state index in [0.29, 0.717) is 19.0 Å². The molecular formula is C22H31N3O2. The van der Waals surface area contributed by atoms with Gasteiger partial charge in [0, 0.05) is 30.8 Å². The number of carbonyl (C=O) groups is 1. The normalized spacial score (nSPS) is 15.6. The van der Waals surface area contributed by atoms with Gasteiger partial charge in [-0.1, -0.05) is 32.0 Å². The van der Waals surface area contributed by atoms with Crippen LogP contribution in [0.3, 0.4) is 0 Å². The van der Waals surface area contributed by atoms with Gasteiger partial charge in [0.2, 0.25) is 0 Å². The minimum atomic E-state index is -0.510. The van der Waals surface area contributed by atoms with Crippen LogP contribution in [0.2, 0.25) is 0 Å². The molecule has 0 N–H and O–H groups in total. The molecule has 1 aliphatic heterocycles. The third kappa shape index (κ3) is 4.02. The Kier molecular flexibility index (Phi) is 5.31. The molecule has 3 rings (SSSR count). The summed E-state index contributed by atoms with van der Waals surface area (Å²) in [6, 6.07) is 7.96. The van der Waals surface area contributed by atoms with Crippen molar-refractivity contribution in [1.29, 1.82) is 0 Å². The molecule has 146 valence electrons. The Balaban J connectivity index is 1.71. The van der Waals surface area contributed by atoms with Gasteiger partial charge in [-0.25, -0.2) is 0 Å². The zero-order valence-electron chi connectivity index (χ0n) is 17.3. The third-order valence-corrected chi connectivity index (χ3v) is 5.07. The van der Waals surface area contributed by atoms with Crippen molar-refractivity contribution in [2.45, 2.75) is 72.1 Å². The van der Waals surface area contributed by atoms with E-state index in [9.17, 15) is 4.79 Å². The van der Waals surface area contributed by atoms with E-state index >= 15 is 0 Å². The minimum Gasteiger partial charge on any atom is -0.481 e. The van der Waals surface area contributed by atoms with Crippen molar-refractivity contribution in [3.63, 3.8) is 0 Å². The van der Waals surface area contributed by atoms with Crippen molar-refractivity contribution in [3.8, 4) is 5.75 Å². The van der Waals surface area contributed by atoms with E-state index < -0.39 is 6.10 Å². The summed E-state index contributed by atoms with van der Waals surface area (Å²) < 4.78 is 8.14. The van der Waals surface area contributed by atoms with Gasteiger partial charge in [0.15, 0.2) is 6.10 Å². The van der Waals surface area contributed by atoms with Crippen LogP contribution in [0.5, 0.6) is 5.75 Å². The summed E-state index contributed by atoms with van der Waals surface area (Å²) in [5, 5.41) is 4.55. The molecular weight excluding hydrogens is 338 g/mol. The summed E-state index contributed by atoms with van der Waals surface area (Å²) >= 11 is 0. The standard InChI is InChI=1S/C22H31N3O2/c1-15(2)18-9-7-8-10-20(18)27-16(3)21(26)24-12-11-19-17(14-24)13-23-25(19)22(4,5)6/h7-10,13,15-16H,11-12,14H2,1-6H3. The van der Waals surface area contributed by atoms with Crippen LogP contribution < -0.4 is 4.74 Å². The zero-order chi connectivity index (χ0) is 19.8. The second-order valence-electron chi connectivity index (χ2n) is 8.66. The molecule has 27 heavy (non-hydrogen) atoms. The van der Waals surface area contributed by atoms with E-state index in [2.05, 4.69) is 50.5 Å². The second-order valence-corrected chi connectivity index (χ2v) is 8.66. The molecule has 0 spiro atoms. The number of rotatable bonds is 4. The van der Waals surface area contributed by atoms with Crippen molar-refractivity contribution in [2.24, 2.45) is 0 Å². The lowest BCUT2D eigenvalue weighted by molar-refractivity contribution is -0.139. The van der Waals surface area contributed by atoms with E-state index in [1.54, 1.807) is 0 Å². The molecule has 1 atom stereocenters. The van der Waals surface area contributed by atoms with Gasteiger partial charge in [0.1, 0.15) is 5.75 Å². The molecule has 1 aromatic heterocycles. The first kappa shape index (κ1) is 19.5. The van der Waals surface area contributed by atoms with Crippen LogP contribution in [0.4, 0.5) is 0 Å². The molecule has 0 saturated carbocycles. The van der Waals surface area contributed by atoms with E-state index in [1.807, 2.05) is 36.2 Å². The minimum absolute atomic E-state index is 0.0303. The number of benzene rings is 1. The van der Waals surface area contributed by atoms with Gasteiger partial charge >= 0.3 is 0 Å². The summed E-state index contributed by atoms with van der Waals surface area (Å²) in [7, 11) is 0. The average molecular weight is 370 g/mol. The van der Waals surface area contributed by atoms with Gasteiger partial charge in [0.05, 0.1) is 11.7 Å². The van der Waals surface area contributed by atoms with Crippen molar-refractivity contribution in [3.05, 3.63) is 47.3 Å². The Hall–Kier alpha value is -2.30. The maximum absolute atomic E-state index is 13.0. The molecule has 0 bridgehead atoms. The summed E-state index contributed by atoms with van der Waals surface area (Å²) in [6.45, 7) is 13.9. The largest absolute Gasteiger partial charge is 0.481 e. The molecule has 5 nitrogen and oxygen atoms in total. The molecule has 0 saturated heterocycles. The Morgan fingerprint density at radius 3 is 2.56 bits per heavy atom. The number of hydrogen-bond acceptors (Lipinski definition) is 3. The zero-order valence-corrected chi connectivity index (χ0v) is 17.3. The first-order chi connectivity index (χ1) is 12.7. The number of ether oxygens (including phenoxy) is 1. The molecule has 1 aromatic carbocycles. The van der Waals surface area contributed by atoms with Gasteiger partial charge in [-0.3, -0.25) is 9.48 Å². The fourth-order valence-corrected chi connectivity index (χ4v) is 3.66. The van der Waals surface area contributed by atoms with Crippen LogP contribution in [0, 0.1) is 0 Å². The number of para-hydroxylation sites is 1. The van der Waals surface area contributed by atoms with E-state index in [-0.39, 0.29) is 11.4 Å². The number of fused-ring (bicyclic) bond motifs is 1. The fraction of sp³-hybridized carbons (Fsp3) is 0.545. The Labute approximate surface area is 162 Å². The highest BCUT2D eigenvalue weighted by molar-refractivity contribution is 5.81.